The van der Waals surface area contributed by atoms with Crippen LogP contribution in [0.3, 0.4) is 0 Å². The molecule has 0 radical (unpaired) electrons. The highest BCUT2D eigenvalue weighted by Crippen LogP contribution is 2.54. The summed E-state index contributed by atoms with van der Waals surface area (Å²) < 4.78 is 76.6. The molecule has 9 heteroatoms. The molecule has 0 aliphatic rings. The largest absolute Gasteiger partial charge is 0.335 e. The van der Waals surface area contributed by atoms with Gasteiger partial charge >= 0.3 is 7.60 Å². The second-order valence-electron chi connectivity index (χ2n) is 5.13. The number of hydrogen-bond donors (Lipinski definition) is 0. The molecule has 0 aliphatic heterocycles. The zero-order valence-corrected chi connectivity index (χ0v) is 14.9. The highest BCUT2D eigenvalue weighted by molar-refractivity contribution is 9.10. The first-order valence-electron chi connectivity index (χ1n) is 6.44. The standard InChI is InChI=1S/C13H16BrF4O3P/c1-6(2)20-22(19,21-7(3)4)5-8-10(15)12(17)9(14)13(18)11(8)16/h6-7H,5H2,1-4H3. The predicted octanol–water partition coefficient (Wildman–Crippen LogP) is 5.55. The molecular weight excluding hydrogens is 391 g/mol. The average molecular weight is 407 g/mol. The molecule has 0 N–H and O–H groups in total. The van der Waals surface area contributed by atoms with Crippen LogP contribution >= 0.6 is 23.5 Å². The van der Waals surface area contributed by atoms with Gasteiger partial charge in [0.2, 0.25) is 0 Å². The van der Waals surface area contributed by atoms with E-state index in [0.717, 1.165) is 0 Å². The normalized spacial score (nSPS) is 12.5. The number of halogens is 5. The molecule has 1 rings (SSSR count). The van der Waals surface area contributed by atoms with Crippen LogP contribution in [0.2, 0.25) is 0 Å². The molecule has 0 heterocycles. The molecule has 22 heavy (non-hydrogen) atoms. The van der Waals surface area contributed by atoms with Crippen LogP contribution in [0.25, 0.3) is 0 Å². The summed E-state index contributed by atoms with van der Waals surface area (Å²) in [5.74, 6) is -6.47. The fraction of sp³-hybridized carbons (Fsp3) is 0.538. The van der Waals surface area contributed by atoms with E-state index in [-0.39, 0.29) is 0 Å². The highest BCUT2D eigenvalue weighted by Gasteiger charge is 2.34. The lowest BCUT2D eigenvalue weighted by molar-refractivity contribution is 0.141. The van der Waals surface area contributed by atoms with Crippen molar-refractivity contribution >= 4 is 23.5 Å². The van der Waals surface area contributed by atoms with E-state index in [1.54, 1.807) is 27.7 Å². The number of rotatable bonds is 6. The Hall–Kier alpha value is -0.430. The van der Waals surface area contributed by atoms with Crippen molar-refractivity contribution in [1.29, 1.82) is 0 Å². The molecule has 0 atom stereocenters. The van der Waals surface area contributed by atoms with Crippen molar-refractivity contribution in [3.63, 3.8) is 0 Å². The second kappa shape index (κ2) is 7.43. The molecule has 0 saturated heterocycles. The van der Waals surface area contributed by atoms with E-state index in [1.807, 2.05) is 0 Å². The summed E-state index contributed by atoms with van der Waals surface area (Å²) in [7, 11) is -3.99. The van der Waals surface area contributed by atoms with Gasteiger partial charge in [0.05, 0.1) is 22.8 Å². The SMILES string of the molecule is CC(C)OP(=O)(Cc1c(F)c(F)c(Br)c(F)c1F)OC(C)C. The van der Waals surface area contributed by atoms with Gasteiger partial charge < -0.3 is 9.05 Å². The van der Waals surface area contributed by atoms with Crippen molar-refractivity contribution in [2.75, 3.05) is 0 Å². The van der Waals surface area contributed by atoms with E-state index in [9.17, 15) is 22.1 Å². The minimum atomic E-state index is -3.99. The van der Waals surface area contributed by atoms with Crippen LogP contribution in [0, 0.1) is 23.3 Å². The van der Waals surface area contributed by atoms with Gasteiger partial charge in [-0.15, -0.1) is 0 Å². The van der Waals surface area contributed by atoms with Crippen molar-refractivity contribution in [3.8, 4) is 0 Å². The third-order valence-electron chi connectivity index (χ3n) is 2.40. The maximum Gasteiger partial charge on any atom is 0.335 e. The van der Waals surface area contributed by atoms with Crippen LogP contribution in [0.1, 0.15) is 33.3 Å². The molecule has 0 unspecified atom stereocenters. The number of hydrogen-bond acceptors (Lipinski definition) is 3. The smallest absolute Gasteiger partial charge is 0.306 e. The van der Waals surface area contributed by atoms with Crippen molar-refractivity contribution in [2.45, 2.75) is 46.1 Å². The number of benzene rings is 1. The Kier molecular flexibility index (Phi) is 6.62. The van der Waals surface area contributed by atoms with E-state index >= 15 is 0 Å². The first kappa shape index (κ1) is 19.6. The van der Waals surface area contributed by atoms with Gasteiger partial charge in [-0.2, -0.15) is 0 Å². The van der Waals surface area contributed by atoms with Gasteiger partial charge in [0.1, 0.15) is 0 Å². The summed E-state index contributed by atoms with van der Waals surface area (Å²) in [6.07, 6.45) is -2.05. The average Bonchev–Trinajstić information content (AvgIpc) is 2.37. The van der Waals surface area contributed by atoms with Gasteiger partial charge in [-0.25, -0.2) is 17.6 Å². The van der Waals surface area contributed by atoms with Crippen molar-refractivity contribution in [1.82, 2.24) is 0 Å². The molecule has 0 spiro atoms. The van der Waals surface area contributed by atoms with Gasteiger partial charge in [0, 0.05) is 5.56 Å². The molecule has 0 bridgehead atoms. The van der Waals surface area contributed by atoms with E-state index < -0.39 is 59.3 Å². The summed E-state index contributed by atoms with van der Waals surface area (Å²) in [4.78, 5) is 0. The molecule has 1 aromatic carbocycles. The third kappa shape index (κ3) is 4.54. The van der Waals surface area contributed by atoms with Gasteiger partial charge in [0.25, 0.3) is 0 Å². The maximum atomic E-state index is 13.9. The van der Waals surface area contributed by atoms with Crippen LogP contribution in [-0.2, 0) is 19.8 Å². The Bertz CT molecular complexity index is 564. The molecule has 0 amide bonds. The fourth-order valence-electron chi connectivity index (χ4n) is 1.72. The lowest BCUT2D eigenvalue weighted by atomic mass is 10.2. The monoisotopic (exact) mass is 406 g/mol. The molecule has 126 valence electrons. The summed E-state index contributed by atoms with van der Waals surface area (Å²) in [5.41, 5.74) is -1.01. The molecule has 0 saturated carbocycles. The summed E-state index contributed by atoms with van der Waals surface area (Å²) >= 11 is 2.41. The minimum Gasteiger partial charge on any atom is -0.306 e. The fourth-order valence-corrected chi connectivity index (χ4v) is 4.22. The molecule has 0 aliphatic carbocycles. The minimum absolute atomic E-state index is 0.569. The van der Waals surface area contributed by atoms with Crippen LogP contribution in [-0.4, -0.2) is 12.2 Å². The van der Waals surface area contributed by atoms with Crippen LogP contribution in [0.15, 0.2) is 4.47 Å². The van der Waals surface area contributed by atoms with E-state index in [4.69, 9.17) is 9.05 Å². The lowest BCUT2D eigenvalue weighted by Gasteiger charge is -2.23. The van der Waals surface area contributed by atoms with Crippen LogP contribution in [0.5, 0.6) is 0 Å². The van der Waals surface area contributed by atoms with Crippen molar-refractivity contribution < 1.29 is 31.2 Å². The topological polar surface area (TPSA) is 35.5 Å². The van der Waals surface area contributed by atoms with Crippen molar-refractivity contribution in [2.24, 2.45) is 0 Å². The summed E-state index contributed by atoms with van der Waals surface area (Å²) in [5, 5.41) is 0. The van der Waals surface area contributed by atoms with Gasteiger partial charge in [-0.3, -0.25) is 4.57 Å². The first-order chi connectivity index (χ1) is 9.98. The highest BCUT2D eigenvalue weighted by atomic mass is 79.9. The Labute approximate surface area is 134 Å². The summed E-state index contributed by atoms with van der Waals surface area (Å²) in [6, 6.07) is 0. The Morgan fingerprint density at radius 2 is 1.27 bits per heavy atom. The first-order valence-corrected chi connectivity index (χ1v) is 8.96. The van der Waals surface area contributed by atoms with Gasteiger partial charge in [-0.05, 0) is 43.6 Å². The predicted molar refractivity (Wildman–Crippen MR) is 77.7 cm³/mol. The zero-order valence-electron chi connectivity index (χ0n) is 12.4. The summed E-state index contributed by atoms with van der Waals surface area (Å²) in [6.45, 7) is 6.19. The van der Waals surface area contributed by atoms with Crippen LogP contribution in [0.4, 0.5) is 17.6 Å². The molecule has 1 aromatic rings. The third-order valence-corrected chi connectivity index (χ3v) is 5.28. The molecule has 0 aromatic heterocycles. The molecule has 3 nitrogen and oxygen atoms in total. The Balaban J connectivity index is 3.33. The molecule has 0 fully saturated rings. The Morgan fingerprint density at radius 3 is 1.59 bits per heavy atom. The van der Waals surface area contributed by atoms with Gasteiger partial charge in [-0.1, -0.05) is 0 Å². The lowest BCUT2D eigenvalue weighted by Crippen LogP contribution is -2.12. The van der Waals surface area contributed by atoms with Crippen LogP contribution < -0.4 is 0 Å². The molecular formula is C13H16BrF4O3P. The van der Waals surface area contributed by atoms with E-state index in [2.05, 4.69) is 15.9 Å². The quantitative estimate of drug-likeness (QED) is 0.269. The van der Waals surface area contributed by atoms with Crippen molar-refractivity contribution in [3.05, 3.63) is 33.3 Å². The second-order valence-corrected chi connectivity index (χ2v) is 7.88. The maximum absolute atomic E-state index is 13.9. The van der Waals surface area contributed by atoms with Gasteiger partial charge in [0.15, 0.2) is 23.3 Å². The van der Waals surface area contributed by atoms with E-state index in [0.29, 0.717) is 0 Å². The van der Waals surface area contributed by atoms with E-state index in [1.165, 1.54) is 0 Å². The Morgan fingerprint density at radius 1 is 0.909 bits per heavy atom. The zero-order chi connectivity index (χ0) is 17.2.